The minimum absolute atomic E-state index is 0.00249. The van der Waals surface area contributed by atoms with E-state index in [-0.39, 0.29) is 30.5 Å². The van der Waals surface area contributed by atoms with E-state index in [9.17, 15) is 9.18 Å². The van der Waals surface area contributed by atoms with Gasteiger partial charge in [0.1, 0.15) is 12.0 Å². The topological polar surface area (TPSA) is 112 Å². The molecule has 11 heteroatoms. The zero-order valence-electron chi connectivity index (χ0n) is 25.0. The van der Waals surface area contributed by atoms with Crippen molar-refractivity contribution in [1.29, 1.82) is 0 Å². The smallest absolute Gasteiger partial charge is 0.258 e. The number of anilines is 2. The number of nitrogens with zero attached hydrogens (tertiary/aromatic N) is 4. The second-order valence-corrected chi connectivity index (χ2v) is 11.1. The molecule has 2 aliphatic rings. The highest BCUT2D eigenvalue weighted by atomic mass is 19.1. The van der Waals surface area contributed by atoms with Gasteiger partial charge in [0.2, 0.25) is 0 Å². The lowest BCUT2D eigenvalue weighted by molar-refractivity contribution is -0.123. The zero-order chi connectivity index (χ0) is 30.5. The Kier molecular flexibility index (Phi) is 9.13. The summed E-state index contributed by atoms with van der Waals surface area (Å²) in [5.41, 5.74) is 5.12. The molecule has 0 saturated carbocycles. The number of carbonyl (C=O) groups is 1. The number of aromatic nitrogens is 4. The van der Waals surface area contributed by atoms with Crippen LogP contribution in [0.3, 0.4) is 0 Å². The Morgan fingerprint density at radius 1 is 1.07 bits per heavy atom. The monoisotopic (exact) mass is 600 g/mol. The maximum absolute atomic E-state index is 14.6. The van der Waals surface area contributed by atoms with Gasteiger partial charge in [-0.25, -0.2) is 19.0 Å². The molecule has 1 atom stereocenters. The van der Waals surface area contributed by atoms with Crippen molar-refractivity contribution in [2.45, 2.75) is 71.4 Å². The number of nitrogens with one attached hydrogen (secondary N) is 2. The summed E-state index contributed by atoms with van der Waals surface area (Å²) in [6.45, 7) is 5.24. The summed E-state index contributed by atoms with van der Waals surface area (Å²) in [5, 5.41) is 10.8. The highest BCUT2D eigenvalue weighted by Crippen LogP contribution is 2.33. The fraction of sp³-hybridized carbons (Fsp3) is 0.394. The average molecular weight is 601 g/mol. The van der Waals surface area contributed by atoms with Crippen LogP contribution in [0.1, 0.15) is 63.4 Å². The van der Waals surface area contributed by atoms with E-state index >= 15 is 0 Å². The Balaban J connectivity index is 1.18. The molecule has 1 amide bonds. The molecule has 0 spiro atoms. The quantitative estimate of drug-likeness (QED) is 0.206. The van der Waals surface area contributed by atoms with E-state index in [1.54, 1.807) is 6.07 Å². The fourth-order valence-electron chi connectivity index (χ4n) is 5.40. The number of benzene rings is 2. The predicted molar refractivity (Wildman–Crippen MR) is 164 cm³/mol. The highest BCUT2D eigenvalue weighted by Gasteiger charge is 2.22. The molecule has 2 N–H and O–H groups in total. The number of fused-ring (bicyclic) bond motifs is 1. The summed E-state index contributed by atoms with van der Waals surface area (Å²) < 4.78 is 33.6. The Labute approximate surface area is 256 Å². The first-order chi connectivity index (χ1) is 21.5. The molecule has 230 valence electrons. The van der Waals surface area contributed by atoms with Gasteiger partial charge in [0.15, 0.2) is 24.0 Å². The van der Waals surface area contributed by atoms with Gasteiger partial charge in [-0.1, -0.05) is 26.0 Å². The molecule has 2 aromatic carbocycles. The summed E-state index contributed by atoms with van der Waals surface area (Å²) in [7, 11) is 0. The van der Waals surface area contributed by atoms with E-state index in [1.165, 1.54) is 12.1 Å². The first-order valence-corrected chi connectivity index (χ1v) is 15.2. The normalized spacial score (nSPS) is 16.1. The number of hydrogen-bond donors (Lipinski definition) is 2. The Morgan fingerprint density at radius 3 is 2.66 bits per heavy atom. The molecule has 44 heavy (non-hydrogen) atoms. The van der Waals surface area contributed by atoms with Crippen LogP contribution in [0.25, 0.3) is 22.5 Å². The molecule has 10 nitrogen and oxygen atoms in total. The third-order valence-corrected chi connectivity index (χ3v) is 8.01. The van der Waals surface area contributed by atoms with Gasteiger partial charge in [0.25, 0.3) is 5.91 Å². The molecule has 2 aliphatic heterocycles. The summed E-state index contributed by atoms with van der Waals surface area (Å²) in [6, 6.07) is 12.5. The van der Waals surface area contributed by atoms with Crippen LogP contribution < -0.4 is 15.4 Å². The van der Waals surface area contributed by atoms with Crippen molar-refractivity contribution < 1.29 is 23.4 Å². The van der Waals surface area contributed by atoms with E-state index < -0.39 is 5.82 Å². The van der Waals surface area contributed by atoms with Crippen molar-refractivity contribution in [2.24, 2.45) is 0 Å². The summed E-state index contributed by atoms with van der Waals surface area (Å²) in [5.74, 6) is 0.125. The number of ether oxygens (including phenoxy) is 3. The van der Waals surface area contributed by atoms with Crippen LogP contribution in [-0.4, -0.2) is 44.9 Å². The minimum Gasteiger partial charge on any atom is -0.481 e. The van der Waals surface area contributed by atoms with Crippen LogP contribution in [0.15, 0.2) is 54.9 Å². The van der Waals surface area contributed by atoms with Crippen LogP contribution in [-0.2, 0) is 27.5 Å². The first kappa shape index (κ1) is 29.7. The lowest BCUT2D eigenvalue weighted by Gasteiger charge is -2.22. The largest absolute Gasteiger partial charge is 0.481 e. The average Bonchev–Trinajstić information content (AvgIpc) is 3.75. The van der Waals surface area contributed by atoms with Crippen molar-refractivity contribution in [3.8, 4) is 28.3 Å². The molecule has 0 bridgehead atoms. The molecule has 1 saturated heterocycles. The second kappa shape index (κ2) is 13.5. The molecule has 1 fully saturated rings. The second-order valence-electron chi connectivity index (χ2n) is 11.1. The van der Waals surface area contributed by atoms with E-state index in [1.807, 2.05) is 55.2 Å². The molecule has 1 unspecified atom stereocenters. The Bertz CT molecular complexity index is 1600. The van der Waals surface area contributed by atoms with E-state index in [4.69, 9.17) is 24.2 Å². The number of hydrogen-bond acceptors (Lipinski definition) is 8. The zero-order valence-corrected chi connectivity index (χ0v) is 25.0. The van der Waals surface area contributed by atoms with Crippen molar-refractivity contribution in [1.82, 2.24) is 25.1 Å². The lowest BCUT2D eigenvalue weighted by Crippen LogP contribution is -2.37. The number of amides is 1. The molecule has 0 radical (unpaired) electrons. The van der Waals surface area contributed by atoms with Crippen molar-refractivity contribution in [3.05, 3.63) is 71.9 Å². The number of carbonyl (C=O) groups excluding carboxylic acids is 1. The van der Waals surface area contributed by atoms with Crippen molar-refractivity contribution in [2.75, 3.05) is 18.5 Å². The fourth-order valence-corrected chi connectivity index (χ4v) is 5.40. The molecule has 4 heterocycles. The molecule has 6 rings (SSSR count). The Hall–Kier alpha value is -4.35. The maximum atomic E-state index is 14.6. The van der Waals surface area contributed by atoms with Gasteiger partial charge in [-0.05, 0) is 68.0 Å². The predicted octanol–water partition coefficient (Wildman–Crippen LogP) is 6.30. The van der Waals surface area contributed by atoms with Crippen molar-refractivity contribution in [3.63, 3.8) is 0 Å². The summed E-state index contributed by atoms with van der Waals surface area (Å²) >= 11 is 0. The molecule has 4 aromatic rings. The third-order valence-electron chi connectivity index (χ3n) is 8.01. The van der Waals surface area contributed by atoms with E-state index in [0.29, 0.717) is 30.4 Å². The standard InChI is InChI=1S/C33H37FN6O4/c1-3-24(4-2)36-30(41)20-44-29-15-22(10-13-27(29)34)32-38-28-19-42-18-26(28)33(39-32)37-25-11-8-21(9-12-25)23-16-35-40(17-23)31-7-5-6-14-43-31/h8-13,15-17,24,31H,3-7,14,18-20H2,1-2H3,(H,36,41)(H,37,38,39). The van der Waals surface area contributed by atoms with Crippen LogP contribution in [0.5, 0.6) is 5.75 Å². The van der Waals surface area contributed by atoms with E-state index in [0.717, 1.165) is 66.8 Å². The summed E-state index contributed by atoms with van der Waals surface area (Å²) in [6.07, 6.45) is 8.73. The third kappa shape index (κ3) is 6.74. The number of rotatable bonds is 11. The van der Waals surface area contributed by atoms with Crippen molar-refractivity contribution >= 4 is 17.4 Å². The highest BCUT2D eigenvalue weighted by molar-refractivity contribution is 5.78. The van der Waals surface area contributed by atoms with Crippen LogP contribution in [0, 0.1) is 5.82 Å². The van der Waals surface area contributed by atoms with Crippen LogP contribution >= 0.6 is 0 Å². The maximum Gasteiger partial charge on any atom is 0.258 e. The van der Waals surface area contributed by atoms with Gasteiger partial charge < -0.3 is 24.8 Å². The minimum atomic E-state index is -0.566. The van der Waals surface area contributed by atoms with Gasteiger partial charge >= 0.3 is 0 Å². The SMILES string of the molecule is CCC(CC)NC(=O)COc1cc(-c2nc3c(c(Nc4ccc(-c5cnn(C6CCCCO6)c5)cc4)n2)COC3)ccc1F. The van der Waals surface area contributed by atoms with Crippen LogP contribution in [0.2, 0.25) is 0 Å². The molecular weight excluding hydrogens is 563 g/mol. The number of halogens is 1. The van der Waals surface area contributed by atoms with Gasteiger partial charge in [-0.3, -0.25) is 4.79 Å². The first-order valence-electron chi connectivity index (χ1n) is 15.2. The molecule has 2 aromatic heterocycles. The molecule has 0 aliphatic carbocycles. The Morgan fingerprint density at radius 2 is 1.89 bits per heavy atom. The van der Waals surface area contributed by atoms with Gasteiger partial charge in [0.05, 0.1) is 25.1 Å². The van der Waals surface area contributed by atoms with Gasteiger partial charge in [0, 0.05) is 41.2 Å². The summed E-state index contributed by atoms with van der Waals surface area (Å²) in [4.78, 5) is 21.8. The van der Waals surface area contributed by atoms with Crippen LogP contribution in [0.4, 0.5) is 15.9 Å². The molecular formula is C33H37FN6O4. The van der Waals surface area contributed by atoms with E-state index in [2.05, 4.69) is 15.7 Å². The lowest BCUT2D eigenvalue weighted by atomic mass is 10.1. The van der Waals surface area contributed by atoms with Gasteiger partial charge in [-0.2, -0.15) is 5.10 Å². The van der Waals surface area contributed by atoms with Gasteiger partial charge in [-0.15, -0.1) is 0 Å².